The highest BCUT2D eigenvalue weighted by atomic mass is 16.4. The van der Waals surface area contributed by atoms with Crippen LogP contribution in [0.3, 0.4) is 0 Å². The lowest BCUT2D eigenvalue weighted by molar-refractivity contribution is 0.146. The van der Waals surface area contributed by atoms with Crippen LogP contribution >= 0.6 is 0 Å². The molecular formula is C12H16N2O3. The van der Waals surface area contributed by atoms with Crippen molar-refractivity contribution in [1.82, 2.24) is 10.3 Å². The number of hydrogen-bond acceptors (Lipinski definition) is 5. The minimum Gasteiger partial charge on any atom is -0.467 e. The molecule has 0 spiro atoms. The third-order valence-electron chi connectivity index (χ3n) is 2.56. The third kappa shape index (κ3) is 2.95. The second kappa shape index (κ2) is 5.16. The molecule has 1 unspecified atom stereocenters. The van der Waals surface area contributed by atoms with Crippen molar-refractivity contribution in [3.05, 3.63) is 41.5 Å². The van der Waals surface area contributed by atoms with Crippen LogP contribution in [0.25, 0.3) is 0 Å². The normalized spacial score (nSPS) is 12.9. The highest BCUT2D eigenvalue weighted by molar-refractivity contribution is 5.05. The van der Waals surface area contributed by atoms with Crippen LogP contribution in [0, 0.1) is 13.8 Å². The Bertz CT molecular complexity index is 443. The predicted molar refractivity (Wildman–Crippen MR) is 61.4 cm³/mol. The van der Waals surface area contributed by atoms with Gasteiger partial charge in [-0.05, 0) is 26.0 Å². The lowest BCUT2D eigenvalue weighted by Gasteiger charge is -2.07. The molecule has 2 aromatic heterocycles. The molecule has 2 heterocycles. The Balaban J connectivity index is 1.80. The maximum atomic E-state index is 9.74. The minimum atomic E-state index is -0.651. The van der Waals surface area contributed by atoms with Gasteiger partial charge < -0.3 is 19.3 Å². The van der Waals surface area contributed by atoms with E-state index in [0.717, 1.165) is 11.5 Å². The predicted octanol–water partition coefficient (Wildman–Crippen LogP) is 1.71. The zero-order valence-electron chi connectivity index (χ0n) is 9.93. The first-order valence-corrected chi connectivity index (χ1v) is 5.52. The quantitative estimate of drug-likeness (QED) is 0.826. The van der Waals surface area contributed by atoms with E-state index in [1.54, 1.807) is 18.4 Å². The summed E-state index contributed by atoms with van der Waals surface area (Å²) >= 11 is 0. The molecule has 0 aliphatic carbocycles. The molecule has 5 heteroatoms. The molecule has 0 amide bonds. The summed E-state index contributed by atoms with van der Waals surface area (Å²) < 4.78 is 10.5. The summed E-state index contributed by atoms with van der Waals surface area (Å²) in [7, 11) is 0. The molecule has 1 atom stereocenters. The van der Waals surface area contributed by atoms with E-state index in [0.29, 0.717) is 24.7 Å². The first-order chi connectivity index (χ1) is 8.16. The van der Waals surface area contributed by atoms with E-state index < -0.39 is 6.10 Å². The van der Waals surface area contributed by atoms with Crippen molar-refractivity contribution < 1.29 is 13.9 Å². The standard InChI is InChI=1S/C12H16N2O3/c1-8-9(2)17-12(14-8)7-13-6-10(15)11-4-3-5-16-11/h3-5,10,13,15H,6-7H2,1-2H3. The van der Waals surface area contributed by atoms with Crippen molar-refractivity contribution in [2.24, 2.45) is 0 Å². The molecule has 0 aliphatic rings. The minimum absolute atomic E-state index is 0.397. The van der Waals surface area contributed by atoms with Crippen molar-refractivity contribution >= 4 is 0 Å². The topological polar surface area (TPSA) is 71.4 Å². The highest BCUT2D eigenvalue weighted by Crippen LogP contribution is 2.12. The summed E-state index contributed by atoms with van der Waals surface area (Å²) in [5.74, 6) is 2.01. The van der Waals surface area contributed by atoms with E-state index in [2.05, 4.69) is 10.3 Å². The van der Waals surface area contributed by atoms with Gasteiger partial charge in [-0.2, -0.15) is 0 Å². The number of aliphatic hydroxyl groups is 1. The zero-order chi connectivity index (χ0) is 12.3. The zero-order valence-corrected chi connectivity index (χ0v) is 9.93. The molecule has 17 heavy (non-hydrogen) atoms. The fourth-order valence-electron chi connectivity index (χ4n) is 1.51. The molecule has 2 N–H and O–H groups in total. The third-order valence-corrected chi connectivity index (χ3v) is 2.56. The van der Waals surface area contributed by atoms with Gasteiger partial charge in [0, 0.05) is 6.54 Å². The Hall–Kier alpha value is -1.59. The van der Waals surface area contributed by atoms with E-state index >= 15 is 0 Å². The summed E-state index contributed by atoms with van der Waals surface area (Å²) in [4.78, 5) is 4.24. The average Bonchev–Trinajstić information content (AvgIpc) is 2.90. The Morgan fingerprint density at radius 1 is 1.47 bits per heavy atom. The maximum Gasteiger partial charge on any atom is 0.208 e. The van der Waals surface area contributed by atoms with Gasteiger partial charge >= 0.3 is 0 Å². The van der Waals surface area contributed by atoms with Crippen molar-refractivity contribution in [3.63, 3.8) is 0 Å². The largest absolute Gasteiger partial charge is 0.467 e. The van der Waals surface area contributed by atoms with Gasteiger partial charge in [-0.15, -0.1) is 0 Å². The van der Waals surface area contributed by atoms with E-state index in [1.807, 2.05) is 13.8 Å². The summed E-state index contributed by atoms with van der Waals surface area (Å²) in [6.45, 7) is 4.67. The summed E-state index contributed by atoms with van der Waals surface area (Å²) in [5, 5.41) is 12.8. The Kier molecular flexibility index (Phi) is 3.61. The lowest BCUT2D eigenvalue weighted by Crippen LogP contribution is -2.20. The smallest absolute Gasteiger partial charge is 0.208 e. The molecule has 0 saturated heterocycles. The first kappa shape index (κ1) is 11.9. The number of aryl methyl sites for hydroxylation is 2. The van der Waals surface area contributed by atoms with Gasteiger partial charge in [-0.3, -0.25) is 0 Å². The monoisotopic (exact) mass is 236 g/mol. The highest BCUT2D eigenvalue weighted by Gasteiger charge is 2.10. The van der Waals surface area contributed by atoms with Crippen LogP contribution in [0.5, 0.6) is 0 Å². The van der Waals surface area contributed by atoms with Crippen LogP contribution < -0.4 is 5.32 Å². The summed E-state index contributed by atoms with van der Waals surface area (Å²) in [6.07, 6.45) is 0.890. The van der Waals surface area contributed by atoms with Crippen molar-refractivity contribution in [2.75, 3.05) is 6.54 Å². The number of aliphatic hydroxyl groups excluding tert-OH is 1. The number of aromatic nitrogens is 1. The molecule has 2 rings (SSSR count). The molecule has 0 aromatic carbocycles. The van der Waals surface area contributed by atoms with Gasteiger partial charge in [0.1, 0.15) is 17.6 Å². The van der Waals surface area contributed by atoms with Crippen LogP contribution in [-0.4, -0.2) is 16.6 Å². The van der Waals surface area contributed by atoms with E-state index in [9.17, 15) is 5.11 Å². The van der Waals surface area contributed by atoms with Crippen molar-refractivity contribution in [2.45, 2.75) is 26.5 Å². The van der Waals surface area contributed by atoms with E-state index in [1.165, 1.54) is 0 Å². The van der Waals surface area contributed by atoms with E-state index in [-0.39, 0.29) is 0 Å². The number of nitrogens with one attached hydrogen (secondary N) is 1. The van der Waals surface area contributed by atoms with Gasteiger partial charge in [-0.1, -0.05) is 0 Å². The fraction of sp³-hybridized carbons (Fsp3) is 0.417. The number of rotatable bonds is 5. The van der Waals surface area contributed by atoms with Gasteiger partial charge in [0.2, 0.25) is 5.89 Å². The molecule has 0 fully saturated rings. The molecule has 0 saturated carbocycles. The van der Waals surface area contributed by atoms with Gasteiger partial charge in [-0.25, -0.2) is 4.98 Å². The van der Waals surface area contributed by atoms with Crippen LogP contribution in [0.15, 0.2) is 27.2 Å². The van der Waals surface area contributed by atoms with E-state index in [4.69, 9.17) is 8.83 Å². The maximum absolute atomic E-state index is 9.74. The molecule has 5 nitrogen and oxygen atoms in total. The number of hydrogen-bond donors (Lipinski definition) is 2. The van der Waals surface area contributed by atoms with Gasteiger partial charge in [0.15, 0.2) is 0 Å². The summed E-state index contributed by atoms with van der Waals surface area (Å²) in [5.41, 5.74) is 0.897. The fourth-order valence-corrected chi connectivity index (χ4v) is 1.51. The second-order valence-corrected chi connectivity index (χ2v) is 3.91. The van der Waals surface area contributed by atoms with Crippen LogP contribution in [0.1, 0.15) is 29.2 Å². The first-order valence-electron chi connectivity index (χ1n) is 5.52. The second-order valence-electron chi connectivity index (χ2n) is 3.91. The Morgan fingerprint density at radius 3 is 2.88 bits per heavy atom. The molecule has 0 aliphatic heterocycles. The van der Waals surface area contributed by atoms with Crippen molar-refractivity contribution in [3.8, 4) is 0 Å². The SMILES string of the molecule is Cc1nc(CNCC(O)c2ccco2)oc1C. The average molecular weight is 236 g/mol. The molecule has 92 valence electrons. The van der Waals surface area contributed by atoms with Crippen LogP contribution in [-0.2, 0) is 6.54 Å². The Morgan fingerprint density at radius 2 is 2.29 bits per heavy atom. The lowest BCUT2D eigenvalue weighted by atomic mass is 10.3. The van der Waals surface area contributed by atoms with Crippen LogP contribution in [0.2, 0.25) is 0 Å². The van der Waals surface area contributed by atoms with Gasteiger partial charge in [0.25, 0.3) is 0 Å². The molecule has 0 bridgehead atoms. The van der Waals surface area contributed by atoms with Crippen LogP contribution in [0.4, 0.5) is 0 Å². The number of oxazole rings is 1. The molecular weight excluding hydrogens is 220 g/mol. The number of furan rings is 1. The van der Waals surface area contributed by atoms with Crippen molar-refractivity contribution in [1.29, 1.82) is 0 Å². The Labute approximate surface area is 99.5 Å². The molecule has 0 radical (unpaired) electrons. The summed E-state index contributed by atoms with van der Waals surface area (Å²) in [6, 6.07) is 3.49. The molecule has 2 aromatic rings. The number of nitrogens with zero attached hydrogens (tertiary/aromatic N) is 1. The van der Waals surface area contributed by atoms with Gasteiger partial charge in [0.05, 0.1) is 18.5 Å².